The molecule has 4 aromatic carbocycles. The summed E-state index contributed by atoms with van der Waals surface area (Å²) in [6, 6.07) is 23.1. The number of nitrogens with one attached hydrogen (secondary N) is 2. The minimum atomic E-state index is -3.91. The molecule has 4 aromatic rings. The van der Waals surface area contributed by atoms with Crippen LogP contribution in [-0.2, 0) is 10.0 Å². The van der Waals surface area contributed by atoms with Crippen LogP contribution in [0.5, 0.6) is 11.5 Å². The van der Waals surface area contributed by atoms with E-state index < -0.39 is 28.2 Å². The number of methoxy groups -OCH3 is 1. The van der Waals surface area contributed by atoms with E-state index in [1.54, 1.807) is 48.2 Å². The Hall–Kier alpha value is -4.65. The minimum Gasteiger partial charge on any atom is -0.497 e. The highest BCUT2D eigenvalue weighted by Crippen LogP contribution is 2.35. The normalized spacial score (nSPS) is 17.4. The van der Waals surface area contributed by atoms with Crippen LogP contribution in [0.2, 0.25) is 0 Å². The van der Waals surface area contributed by atoms with Crippen LogP contribution in [0.15, 0.2) is 89.8 Å². The molecule has 0 bridgehead atoms. The largest absolute Gasteiger partial charge is 0.497 e. The lowest BCUT2D eigenvalue weighted by molar-refractivity contribution is 0.0389. The summed E-state index contributed by atoms with van der Waals surface area (Å²) in [5.74, 6) is -0.0960. The molecule has 1 aliphatic heterocycles. The summed E-state index contributed by atoms with van der Waals surface area (Å²) in [5.41, 5.74) is 1.02. The van der Waals surface area contributed by atoms with Gasteiger partial charge in [0.2, 0.25) is 10.0 Å². The molecule has 12 heteroatoms. The van der Waals surface area contributed by atoms with Gasteiger partial charge in [0.25, 0.3) is 5.91 Å². The summed E-state index contributed by atoms with van der Waals surface area (Å²) in [6.45, 7) is 3.48. The van der Waals surface area contributed by atoms with E-state index in [-0.39, 0.29) is 53.4 Å². The van der Waals surface area contributed by atoms with Crippen molar-refractivity contribution < 1.29 is 32.6 Å². The van der Waals surface area contributed by atoms with Gasteiger partial charge in [0.1, 0.15) is 11.9 Å². The van der Waals surface area contributed by atoms with Gasteiger partial charge in [-0.05, 0) is 54.8 Å². The lowest BCUT2D eigenvalue weighted by Crippen LogP contribution is -2.50. The molecule has 0 spiro atoms. The topological polar surface area (TPSA) is 138 Å². The molecule has 242 valence electrons. The molecule has 3 atom stereocenters. The van der Waals surface area contributed by atoms with Gasteiger partial charge in [-0.2, -0.15) is 4.31 Å². The second-order valence-electron chi connectivity index (χ2n) is 11.4. The van der Waals surface area contributed by atoms with Crippen molar-refractivity contribution in [3.63, 3.8) is 0 Å². The summed E-state index contributed by atoms with van der Waals surface area (Å²) in [4.78, 5) is 28.8. The van der Waals surface area contributed by atoms with Crippen molar-refractivity contribution in [1.29, 1.82) is 0 Å². The molecule has 46 heavy (non-hydrogen) atoms. The maximum atomic E-state index is 13.8. The summed E-state index contributed by atoms with van der Waals surface area (Å²) in [6.07, 6.45) is -0.734. The molecule has 0 unspecified atom stereocenters. The smallest absolute Gasteiger partial charge is 0.323 e. The van der Waals surface area contributed by atoms with Crippen LogP contribution in [0, 0.1) is 5.92 Å². The highest BCUT2D eigenvalue weighted by molar-refractivity contribution is 7.89. The van der Waals surface area contributed by atoms with Gasteiger partial charge in [0.15, 0.2) is 5.75 Å². The van der Waals surface area contributed by atoms with Crippen LogP contribution in [0.25, 0.3) is 10.8 Å². The van der Waals surface area contributed by atoms with Gasteiger partial charge in [-0.3, -0.25) is 4.79 Å². The summed E-state index contributed by atoms with van der Waals surface area (Å²) in [7, 11) is -0.943. The molecule has 0 fully saturated rings. The molecular weight excluding hydrogens is 608 g/mol. The molecule has 0 saturated heterocycles. The van der Waals surface area contributed by atoms with Crippen LogP contribution >= 0.6 is 0 Å². The number of urea groups is 1. The van der Waals surface area contributed by atoms with Crippen molar-refractivity contribution in [2.24, 2.45) is 5.92 Å². The van der Waals surface area contributed by atoms with E-state index in [1.807, 2.05) is 43.3 Å². The fraction of sp³-hybridized carbons (Fsp3) is 0.294. The maximum Gasteiger partial charge on any atom is 0.323 e. The molecular formula is C34H38N4O7S. The second kappa shape index (κ2) is 13.8. The van der Waals surface area contributed by atoms with Gasteiger partial charge in [-0.25, -0.2) is 13.2 Å². The van der Waals surface area contributed by atoms with E-state index in [9.17, 15) is 23.1 Å². The third kappa shape index (κ3) is 6.79. The molecule has 0 aromatic heterocycles. The van der Waals surface area contributed by atoms with Crippen LogP contribution in [-0.4, -0.2) is 80.7 Å². The molecule has 0 aliphatic carbocycles. The van der Waals surface area contributed by atoms with Crippen molar-refractivity contribution in [3.8, 4) is 11.5 Å². The number of para-hydroxylation sites is 1. The fourth-order valence-electron chi connectivity index (χ4n) is 5.45. The highest BCUT2D eigenvalue weighted by Gasteiger charge is 2.36. The number of amides is 3. The first-order valence-corrected chi connectivity index (χ1v) is 16.3. The number of ether oxygens (including phenoxy) is 2. The number of fused-ring (bicyclic) bond motifs is 2. The zero-order valence-electron chi connectivity index (χ0n) is 26.1. The number of hydrogen-bond acceptors (Lipinski definition) is 7. The van der Waals surface area contributed by atoms with Crippen LogP contribution in [0.3, 0.4) is 0 Å². The number of carbonyl (C=O) groups is 2. The van der Waals surface area contributed by atoms with E-state index >= 15 is 0 Å². The standard InChI is InChI=1S/C34H38N4O7S/c1-22-19-38(23(2)21-39)33(40)28-12-8-14-30(36-34(41)35-29-13-7-10-24-9-5-6-11-27(24)29)32(28)45-31(22)20-37(3)46(42,43)26-17-15-25(44-4)16-18-26/h5-18,22-23,31,39H,19-21H2,1-4H3,(H2,35,36,41)/t22-,23-,31-/m1/s1. The number of carbonyl (C=O) groups excluding carboxylic acids is 2. The fourth-order valence-corrected chi connectivity index (χ4v) is 6.63. The van der Waals surface area contributed by atoms with E-state index in [0.717, 1.165) is 10.8 Å². The zero-order valence-corrected chi connectivity index (χ0v) is 27.0. The van der Waals surface area contributed by atoms with Crippen molar-refractivity contribution in [2.75, 3.05) is 44.5 Å². The first kappa shape index (κ1) is 32.7. The molecule has 11 nitrogen and oxygen atoms in total. The molecule has 3 N–H and O–H groups in total. The molecule has 5 rings (SSSR count). The molecule has 0 saturated carbocycles. The summed E-state index contributed by atoms with van der Waals surface area (Å²) in [5, 5.41) is 17.5. The second-order valence-corrected chi connectivity index (χ2v) is 13.4. The van der Waals surface area contributed by atoms with E-state index in [1.165, 1.54) is 30.6 Å². The number of aliphatic hydroxyl groups is 1. The third-order valence-corrected chi connectivity index (χ3v) is 10.0. The van der Waals surface area contributed by atoms with Crippen molar-refractivity contribution >= 4 is 44.1 Å². The number of nitrogens with zero attached hydrogens (tertiary/aromatic N) is 2. The Labute approximate surface area is 268 Å². The molecule has 0 radical (unpaired) electrons. The Bertz CT molecular complexity index is 1830. The highest BCUT2D eigenvalue weighted by atomic mass is 32.2. The quantitative estimate of drug-likeness (QED) is 0.232. The number of benzene rings is 4. The lowest BCUT2D eigenvalue weighted by atomic mass is 9.99. The Morgan fingerprint density at radius 3 is 2.39 bits per heavy atom. The molecule has 1 aliphatic rings. The number of sulfonamides is 1. The molecule has 3 amide bonds. The predicted molar refractivity (Wildman–Crippen MR) is 177 cm³/mol. The number of likely N-dealkylation sites (N-methyl/N-ethyl adjacent to an activating group) is 1. The Morgan fingerprint density at radius 1 is 1.02 bits per heavy atom. The molecule has 1 heterocycles. The van der Waals surface area contributed by atoms with Crippen molar-refractivity contribution in [1.82, 2.24) is 9.21 Å². The summed E-state index contributed by atoms with van der Waals surface area (Å²) >= 11 is 0. The van der Waals surface area contributed by atoms with Crippen molar-refractivity contribution in [3.05, 3.63) is 90.5 Å². The Morgan fingerprint density at radius 2 is 1.67 bits per heavy atom. The van der Waals surface area contributed by atoms with Crippen LogP contribution < -0.4 is 20.1 Å². The zero-order chi connectivity index (χ0) is 33.0. The number of anilines is 2. The van der Waals surface area contributed by atoms with Crippen molar-refractivity contribution in [2.45, 2.75) is 30.9 Å². The minimum absolute atomic E-state index is 0.0545. The van der Waals surface area contributed by atoms with Gasteiger partial charge in [-0.15, -0.1) is 0 Å². The van der Waals surface area contributed by atoms with Gasteiger partial charge < -0.3 is 30.1 Å². The number of hydrogen-bond donors (Lipinski definition) is 3. The third-order valence-electron chi connectivity index (χ3n) is 8.18. The number of aliphatic hydroxyl groups excluding tert-OH is 1. The van der Waals surface area contributed by atoms with Crippen LogP contribution in [0.1, 0.15) is 24.2 Å². The number of rotatable bonds is 9. The van der Waals surface area contributed by atoms with Gasteiger partial charge in [0.05, 0.1) is 48.1 Å². The maximum absolute atomic E-state index is 13.8. The Kier molecular flexibility index (Phi) is 9.80. The van der Waals surface area contributed by atoms with E-state index in [2.05, 4.69) is 10.6 Å². The first-order valence-electron chi connectivity index (χ1n) is 14.9. The van der Waals surface area contributed by atoms with E-state index in [4.69, 9.17) is 9.47 Å². The average molecular weight is 647 g/mol. The SMILES string of the molecule is COc1ccc(S(=O)(=O)N(C)C[C@H]2Oc3c(NC(=O)Nc4cccc5ccccc45)cccc3C(=O)N([C@H](C)CO)C[C@H]2C)cc1. The summed E-state index contributed by atoms with van der Waals surface area (Å²) < 4.78 is 39.9. The Balaban J connectivity index is 1.47. The first-order chi connectivity index (χ1) is 22.0. The van der Waals surface area contributed by atoms with Gasteiger partial charge in [0, 0.05) is 24.9 Å². The lowest BCUT2D eigenvalue weighted by Gasteiger charge is -2.38. The van der Waals surface area contributed by atoms with Gasteiger partial charge >= 0.3 is 6.03 Å². The average Bonchev–Trinajstić information content (AvgIpc) is 3.06. The predicted octanol–water partition coefficient (Wildman–Crippen LogP) is 5.03. The van der Waals surface area contributed by atoms with E-state index in [0.29, 0.717) is 11.4 Å². The monoisotopic (exact) mass is 646 g/mol. The van der Waals surface area contributed by atoms with Gasteiger partial charge in [-0.1, -0.05) is 49.4 Å². The van der Waals surface area contributed by atoms with Crippen LogP contribution in [0.4, 0.5) is 16.2 Å².